The van der Waals surface area contributed by atoms with Crippen LogP contribution in [0.15, 0.2) is 21.2 Å². The number of likely N-dealkylation sites (tertiary alicyclic amines) is 1. The van der Waals surface area contributed by atoms with Crippen LogP contribution in [0.25, 0.3) is 0 Å². The molecular formula is C15H25BrN2O. The van der Waals surface area contributed by atoms with Crippen molar-refractivity contribution < 1.29 is 4.42 Å². The molecular weight excluding hydrogens is 304 g/mol. The van der Waals surface area contributed by atoms with Gasteiger partial charge in [0.2, 0.25) is 0 Å². The van der Waals surface area contributed by atoms with E-state index in [1.54, 1.807) is 6.26 Å². The van der Waals surface area contributed by atoms with Crippen molar-refractivity contribution in [3.63, 3.8) is 0 Å². The lowest BCUT2D eigenvalue weighted by Crippen LogP contribution is -2.54. The molecule has 1 fully saturated rings. The zero-order chi connectivity index (χ0) is 13.9. The van der Waals surface area contributed by atoms with Crippen LogP contribution in [-0.2, 0) is 0 Å². The van der Waals surface area contributed by atoms with Gasteiger partial charge in [-0.05, 0) is 67.8 Å². The number of nitrogens with one attached hydrogen (secondary N) is 1. The fraction of sp³-hybridized carbons (Fsp3) is 0.733. The van der Waals surface area contributed by atoms with Gasteiger partial charge in [-0.25, -0.2) is 0 Å². The van der Waals surface area contributed by atoms with E-state index >= 15 is 0 Å². The lowest BCUT2D eigenvalue weighted by atomic mass is 9.81. The van der Waals surface area contributed by atoms with E-state index in [2.05, 4.69) is 40.0 Å². The number of nitrogens with zero attached hydrogens (tertiary/aromatic N) is 1. The van der Waals surface area contributed by atoms with Gasteiger partial charge in [-0.15, -0.1) is 0 Å². The second-order valence-electron chi connectivity index (χ2n) is 5.36. The second-order valence-corrected chi connectivity index (χ2v) is 6.21. The fourth-order valence-electron chi connectivity index (χ4n) is 3.61. The van der Waals surface area contributed by atoms with E-state index in [4.69, 9.17) is 4.42 Å². The lowest BCUT2D eigenvalue weighted by Gasteiger charge is -2.46. The van der Waals surface area contributed by atoms with Crippen molar-refractivity contribution in [2.24, 2.45) is 0 Å². The van der Waals surface area contributed by atoms with Gasteiger partial charge in [0, 0.05) is 5.54 Å². The minimum absolute atomic E-state index is 0.144. The Morgan fingerprint density at radius 3 is 2.42 bits per heavy atom. The van der Waals surface area contributed by atoms with E-state index in [-0.39, 0.29) is 11.6 Å². The Morgan fingerprint density at radius 1 is 1.37 bits per heavy atom. The Morgan fingerprint density at radius 2 is 2.00 bits per heavy atom. The molecule has 1 unspecified atom stereocenters. The highest BCUT2D eigenvalue weighted by Gasteiger charge is 2.44. The molecule has 0 saturated carbocycles. The van der Waals surface area contributed by atoms with Crippen molar-refractivity contribution in [2.75, 3.05) is 20.1 Å². The van der Waals surface area contributed by atoms with Crippen molar-refractivity contribution in [1.29, 1.82) is 0 Å². The third-order valence-electron chi connectivity index (χ3n) is 4.69. The molecule has 0 aromatic carbocycles. The predicted octanol–water partition coefficient (Wildman–Crippen LogP) is 3.96. The highest BCUT2D eigenvalue weighted by molar-refractivity contribution is 9.10. The van der Waals surface area contributed by atoms with Gasteiger partial charge in [-0.2, -0.15) is 0 Å². The predicted molar refractivity (Wildman–Crippen MR) is 82.3 cm³/mol. The highest BCUT2D eigenvalue weighted by atomic mass is 79.9. The van der Waals surface area contributed by atoms with Gasteiger partial charge < -0.3 is 9.73 Å². The summed E-state index contributed by atoms with van der Waals surface area (Å²) in [6, 6.07) is 2.21. The van der Waals surface area contributed by atoms with Crippen molar-refractivity contribution in [2.45, 2.75) is 51.1 Å². The van der Waals surface area contributed by atoms with Gasteiger partial charge in [-0.3, -0.25) is 4.90 Å². The van der Waals surface area contributed by atoms with Gasteiger partial charge in [0.25, 0.3) is 0 Å². The SMILES string of the molecule is CCC(CC)(C(NC)c1occc1Br)N1CCCC1. The largest absolute Gasteiger partial charge is 0.466 e. The van der Waals surface area contributed by atoms with E-state index < -0.39 is 0 Å². The van der Waals surface area contributed by atoms with Crippen LogP contribution in [0.3, 0.4) is 0 Å². The molecule has 1 atom stereocenters. The number of hydrogen-bond acceptors (Lipinski definition) is 3. The van der Waals surface area contributed by atoms with Crippen molar-refractivity contribution >= 4 is 15.9 Å². The second kappa shape index (κ2) is 6.42. The van der Waals surface area contributed by atoms with E-state index in [1.807, 2.05) is 13.1 Å². The Hall–Kier alpha value is -0.320. The monoisotopic (exact) mass is 328 g/mol. The molecule has 1 aromatic heterocycles. The minimum atomic E-state index is 0.144. The van der Waals surface area contributed by atoms with Crippen LogP contribution in [0, 0.1) is 0 Å². The maximum absolute atomic E-state index is 5.75. The molecule has 2 rings (SSSR count). The Bertz CT molecular complexity index is 395. The number of halogens is 1. The molecule has 108 valence electrons. The first-order valence-electron chi connectivity index (χ1n) is 7.34. The molecule has 19 heavy (non-hydrogen) atoms. The van der Waals surface area contributed by atoms with E-state index in [0.29, 0.717) is 0 Å². The first-order valence-corrected chi connectivity index (χ1v) is 8.14. The summed E-state index contributed by atoms with van der Waals surface area (Å²) in [7, 11) is 2.04. The van der Waals surface area contributed by atoms with Crippen molar-refractivity contribution in [3.05, 3.63) is 22.6 Å². The molecule has 3 nitrogen and oxygen atoms in total. The maximum atomic E-state index is 5.75. The fourth-order valence-corrected chi connectivity index (χ4v) is 4.04. The van der Waals surface area contributed by atoms with Gasteiger partial charge in [-0.1, -0.05) is 13.8 Å². The van der Waals surface area contributed by atoms with Crippen LogP contribution in [0.5, 0.6) is 0 Å². The molecule has 1 N–H and O–H groups in total. The summed E-state index contributed by atoms with van der Waals surface area (Å²) in [5.74, 6) is 1.03. The normalized spacial score (nSPS) is 18.9. The third-order valence-corrected chi connectivity index (χ3v) is 5.35. The summed E-state index contributed by atoms with van der Waals surface area (Å²) < 4.78 is 6.82. The van der Waals surface area contributed by atoms with E-state index in [1.165, 1.54) is 25.9 Å². The molecule has 2 heterocycles. The zero-order valence-corrected chi connectivity index (χ0v) is 13.8. The van der Waals surface area contributed by atoms with Gasteiger partial charge >= 0.3 is 0 Å². The Balaban J connectivity index is 2.37. The first-order chi connectivity index (χ1) is 9.19. The topological polar surface area (TPSA) is 28.4 Å². The Labute approximate surface area is 124 Å². The molecule has 1 saturated heterocycles. The molecule has 1 aliphatic rings. The lowest BCUT2D eigenvalue weighted by molar-refractivity contribution is 0.0559. The average molecular weight is 329 g/mol. The maximum Gasteiger partial charge on any atom is 0.136 e. The number of furan rings is 1. The summed E-state index contributed by atoms with van der Waals surface area (Å²) in [5, 5.41) is 3.50. The third kappa shape index (κ3) is 2.63. The molecule has 0 bridgehead atoms. The number of likely N-dealkylation sites (N-methyl/N-ethyl adjacent to an activating group) is 1. The van der Waals surface area contributed by atoms with Crippen LogP contribution in [0.2, 0.25) is 0 Å². The molecule has 0 amide bonds. The number of rotatable bonds is 6. The van der Waals surface area contributed by atoms with Crippen molar-refractivity contribution in [1.82, 2.24) is 10.2 Å². The minimum Gasteiger partial charge on any atom is -0.466 e. The summed E-state index contributed by atoms with van der Waals surface area (Å²) in [6.07, 6.45) is 6.66. The van der Waals surface area contributed by atoms with Crippen LogP contribution >= 0.6 is 15.9 Å². The zero-order valence-electron chi connectivity index (χ0n) is 12.2. The smallest absolute Gasteiger partial charge is 0.136 e. The van der Waals surface area contributed by atoms with Gasteiger partial charge in [0.05, 0.1) is 16.8 Å². The van der Waals surface area contributed by atoms with E-state index in [9.17, 15) is 0 Å². The summed E-state index contributed by atoms with van der Waals surface area (Å²) in [6.45, 7) is 7.00. The van der Waals surface area contributed by atoms with Crippen LogP contribution in [0.1, 0.15) is 51.3 Å². The average Bonchev–Trinajstić information content (AvgIpc) is 3.08. The van der Waals surface area contributed by atoms with Gasteiger partial charge in [0.15, 0.2) is 0 Å². The number of hydrogen-bond donors (Lipinski definition) is 1. The quantitative estimate of drug-likeness (QED) is 0.856. The van der Waals surface area contributed by atoms with Gasteiger partial charge in [0.1, 0.15) is 5.76 Å². The molecule has 1 aromatic rings. The van der Waals surface area contributed by atoms with Crippen LogP contribution in [-0.4, -0.2) is 30.6 Å². The highest BCUT2D eigenvalue weighted by Crippen LogP contribution is 2.41. The van der Waals surface area contributed by atoms with E-state index in [0.717, 1.165) is 23.1 Å². The molecule has 1 aliphatic heterocycles. The summed E-state index contributed by atoms with van der Waals surface area (Å²) in [4.78, 5) is 2.66. The van der Waals surface area contributed by atoms with Crippen molar-refractivity contribution in [3.8, 4) is 0 Å². The molecule has 0 aliphatic carbocycles. The van der Waals surface area contributed by atoms with Crippen LogP contribution in [0.4, 0.5) is 0 Å². The standard InChI is InChI=1S/C15H25BrN2O/c1-4-15(5-2,18-9-6-7-10-18)14(17-3)13-12(16)8-11-19-13/h8,11,14,17H,4-7,9-10H2,1-3H3. The molecule has 4 heteroatoms. The first kappa shape index (κ1) is 15.1. The molecule has 0 spiro atoms. The summed E-state index contributed by atoms with van der Waals surface area (Å²) in [5.41, 5.74) is 0.144. The Kier molecular flexibility index (Phi) is 5.09. The summed E-state index contributed by atoms with van der Waals surface area (Å²) >= 11 is 3.61. The van der Waals surface area contributed by atoms with Crippen LogP contribution < -0.4 is 5.32 Å². The molecule has 0 radical (unpaired) electrons.